The van der Waals surface area contributed by atoms with Crippen molar-refractivity contribution < 1.29 is 9.29 Å². The van der Waals surface area contributed by atoms with Crippen LogP contribution in [0.5, 0.6) is 5.75 Å². The molecule has 4 aromatic rings. The third-order valence-electron chi connectivity index (χ3n) is 5.63. The van der Waals surface area contributed by atoms with Crippen molar-refractivity contribution in [1.29, 1.82) is 10.8 Å². The van der Waals surface area contributed by atoms with Crippen LogP contribution in [-0.2, 0) is 11.2 Å². The van der Waals surface area contributed by atoms with E-state index in [0.717, 1.165) is 28.4 Å². The maximum Gasteiger partial charge on any atom is 0.148 e. The first-order chi connectivity index (χ1) is 17.0. The summed E-state index contributed by atoms with van der Waals surface area (Å²) >= 11 is 0.618. The van der Waals surface area contributed by atoms with Crippen LogP contribution in [0, 0.1) is 23.7 Å². The minimum absolute atomic E-state index is 0.118. The molecular formula is C23H24N8O2S2. The molecule has 1 saturated heterocycles. The molecule has 0 saturated carbocycles. The quantitative estimate of drug-likeness (QED) is 0.197. The third kappa shape index (κ3) is 5.34. The van der Waals surface area contributed by atoms with Crippen LogP contribution in [0.25, 0.3) is 21.6 Å². The highest BCUT2D eigenvalue weighted by atomic mass is 32.2. The van der Waals surface area contributed by atoms with E-state index in [0.29, 0.717) is 40.8 Å². The van der Waals surface area contributed by atoms with Crippen LogP contribution >= 0.6 is 11.5 Å². The van der Waals surface area contributed by atoms with Gasteiger partial charge in [-0.3, -0.25) is 15.8 Å². The molecule has 4 aromatic heterocycles. The van der Waals surface area contributed by atoms with Crippen molar-refractivity contribution in [1.82, 2.24) is 24.1 Å². The number of ether oxygens (including phenoxy) is 1. The molecule has 1 aliphatic heterocycles. The molecule has 180 valence electrons. The number of aryl methyl sites for hydroxylation is 1. The topological polar surface area (TPSA) is 149 Å². The van der Waals surface area contributed by atoms with E-state index >= 15 is 0 Å². The zero-order chi connectivity index (χ0) is 24.4. The van der Waals surface area contributed by atoms with Crippen LogP contribution in [0.15, 0.2) is 42.7 Å². The molecule has 0 radical (unpaired) electrons. The van der Waals surface area contributed by atoms with Gasteiger partial charge in [0.2, 0.25) is 0 Å². The lowest BCUT2D eigenvalue weighted by atomic mass is 10.1. The second-order valence-electron chi connectivity index (χ2n) is 8.32. The largest absolute Gasteiger partial charge is 0.616 e. The molecule has 0 aliphatic carbocycles. The molecule has 1 fully saturated rings. The fraction of sp³-hybridized carbons (Fsp3) is 0.304. The molecule has 0 spiro atoms. The van der Waals surface area contributed by atoms with Crippen LogP contribution in [0.1, 0.15) is 12.1 Å². The van der Waals surface area contributed by atoms with Crippen LogP contribution in [0.4, 0.5) is 5.69 Å². The Kier molecular flexibility index (Phi) is 6.75. The molecule has 0 bridgehead atoms. The van der Waals surface area contributed by atoms with Crippen molar-refractivity contribution in [2.75, 3.05) is 30.0 Å². The van der Waals surface area contributed by atoms with E-state index in [4.69, 9.17) is 15.6 Å². The number of pyridine rings is 2. The maximum atomic E-state index is 11.6. The molecule has 3 N–H and O–H groups in total. The summed E-state index contributed by atoms with van der Waals surface area (Å²) in [6.07, 6.45) is 4.25. The Morgan fingerprint density at radius 3 is 2.97 bits per heavy atom. The van der Waals surface area contributed by atoms with Crippen molar-refractivity contribution in [3.63, 3.8) is 0 Å². The first-order valence-corrected chi connectivity index (χ1v) is 13.4. The minimum atomic E-state index is -0.722. The lowest BCUT2D eigenvalue weighted by Crippen LogP contribution is -2.33. The summed E-state index contributed by atoms with van der Waals surface area (Å²) in [7, 11) is 0. The number of anilines is 1. The van der Waals surface area contributed by atoms with Crippen LogP contribution in [0.2, 0.25) is 0 Å². The monoisotopic (exact) mass is 508 g/mol. The average molecular weight is 509 g/mol. The highest BCUT2D eigenvalue weighted by molar-refractivity contribution is 7.91. The molecule has 12 heteroatoms. The number of hydrogen-bond acceptors (Lipinski definition) is 10. The molecule has 1 aliphatic rings. The van der Waals surface area contributed by atoms with Gasteiger partial charge in [0.25, 0.3) is 0 Å². The van der Waals surface area contributed by atoms with E-state index in [1.165, 1.54) is 16.2 Å². The zero-order valence-corrected chi connectivity index (χ0v) is 20.7. The highest BCUT2D eigenvalue weighted by Gasteiger charge is 2.26. The van der Waals surface area contributed by atoms with Crippen LogP contribution in [0.3, 0.4) is 0 Å². The predicted octanol–water partition coefficient (Wildman–Crippen LogP) is 2.82. The Morgan fingerprint density at radius 2 is 2.20 bits per heavy atom. The van der Waals surface area contributed by atoms with E-state index < -0.39 is 11.2 Å². The zero-order valence-electron chi connectivity index (χ0n) is 19.0. The van der Waals surface area contributed by atoms with Gasteiger partial charge in [0.1, 0.15) is 39.8 Å². The molecule has 35 heavy (non-hydrogen) atoms. The lowest BCUT2D eigenvalue weighted by Gasteiger charge is -2.13. The van der Waals surface area contributed by atoms with E-state index in [1.807, 2.05) is 19.1 Å². The smallest absolute Gasteiger partial charge is 0.148 e. The highest BCUT2D eigenvalue weighted by Crippen LogP contribution is 2.25. The molecule has 5 heterocycles. The van der Waals surface area contributed by atoms with Crippen molar-refractivity contribution in [2.45, 2.75) is 13.3 Å². The Labute approximate surface area is 208 Å². The summed E-state index contributed by atoms with van der Waals surface area (Å²) in [5.74, 6) is 2.50. The summed E-state index contributed by atoms with van der Waals surface area (Å²) < 4.78 is 23.0. The lowest BCUT2D eigenvalue weighted by molar-refractivity contribution is 0.263. The summed E-state index contributed by atoms with van der Waals surface area (Å²) in [5, 5.41) is 24.4. The second-order valence-corrected chi connectivity index (χ2v) is 10.7. The fourth-order valence-electron chi connectivity index (χ4n) is 3.81. The van der Waals surface area contributed by atoms with E-state index in [2.05, 4.69) is 24.8 Å². The molecule has 5 rings (SSSR count). The number of rotatable bonds is 7. The number of nitrogens with zero attached hydrogens (tertiary/aromatic N) is 5. The Bertz CT molecular complexity index is 1440. The molecule has 0 amide bonds. The number of aromatic nitrogens is 5. The summed E-state index contributed by atoms with van der Waals surface area (Å²) in [4.78, 5) is 9.81. The van der Waals surface area contributed by atoms with E-state index in [1.54, 1.807) is 30.6 Å². The van der Waals surface area contributed by atoms with Gasteiger partial charge in [-0.15, -0.1) is 0 Å². The van der Waals surface area contributed by atoms with E-state index in [9.17, 15) is 4.55 Å². The molecule has 0 aromatic carbocycles. The van der Waals surface area contributed by atoms with Gasteiger partial charge in [-0.2, -0.15) is 14.2 Å². The van der Waals surface area contributed by atoms with Gasteiger partial charge in [-0.05, 0) is 42.7 Å². The van der Waals surface area contributed by atoms with Crippen molar-refractivity contribution in [2.24, 2.45) is 5.92 Å². The van der Waals surface area contributed by atoms with Crippen LogP contribution < -0.4 is 15.5 Å². The van der Waals surface area contributed by atoms with Gasteiger partial charge in [-0.25, -0.2) is 4.98 Å². The first kappa shape index (κ1) is 23.4. The van der Waals surface area contributed by atoms with Gasteiger partial charge in [0.15, 0.2) is 0 Å². The standard InChI is InChI=1S/C23H24N8O2S2/c1-14-8-20(34-30-14)17-2-3-21(24)31(29-17)22(25)11-27-18-4-6-26-19-9-16(10-28-23(18)19)33-12-15-5-7-35(32)13-15/h2-4,6,8-10,15,24-25H,5,7,11-13H2,1H3,(H,26,27). The molecule has 2 unspecified atom stereocenters. The van der Waals surface area contributed by atoms with Gasteiger partial charge < -0.3 is 14.6 Å². The van der Waals surface area contributed by atoms with Gasteiger partial charge in [-0.1, -0.05) is 11.2 Å². The van der Waals surface area contributed by atoms with Gasteiger partial charge >= 0.3 is 0 Å². The molecule has 10 nitrogen and oxygen atoms in total. The van der Waals surface area contributed by atoms with Crippen molar-refractivity contribution in [3.8, 4) is 16.3 Å². The maximum absolute atomic E-state index is 11.6. The Morgan fingerprint density at radius 1 is 1.31 bits per heavy atom. The number of nitrogens with one attached hydrogen (secondary N) is 3. The fourth-order valence-corrected chi connectivity index (χ4v) is 6.08. The number of fused-ring (bicyclic) bond motifs is 1. The summed E-state index contributed by atoms with van der Waals surface area (Å²) in [5.41, 5.74) is 3.75. The summed E-state index contributed by atoms with van der Waals surface area (Å²) in [6, 6.07) is 8.96. The normalized spacial score (nSPS) is 17.5. The van der Waals surface area contributed by atoms with Gasteiger partial charge in [0, 0.05) is 24.6 Å². The number of hydrogen-bond donors (Lipinski definition) is 3. The van der Waals surface area contributed by atoms with Crippen LogP contribution in [-0.4, -0.2) is 59.2 Å². The summed E-state index contributed by atoms with van der Waals surface area (Å²) in [6.45, 7) is 2.58. The minimum Gasteiger partial charge on any atom is -0.616 e. The Balaban J connectivity index is 1.28. The molecular weight excluding hydrogens is 484 g/mol. The van der Waals surface area contributed by atoms with E-state index in [-0.39, 0.29) is 17.9 Å². The van der Waals surface area contributed by atoms with Crippen molar-refractivity contribution in [3.05, 3.63) is 53.9 Å². The van der Waals surface area contributed by atoms with Gasteiger partial charge in [0.05, 0.1) is 41.1 Å². The SMILES string of the molecule is Cc1cc(-c2ccc(=N)n(C(=N)CNc3ccnc4cc(OCC5CC[S+]([O-])C5)cnc34)n2)sn1. The average Bonchev–Trinajstić information content (AvgIpc) is 3.49. The Hall–Kier alpha value is -3.35. The predicted molar refractivity (Wildman–Crippen MR) is 137 cm³/mol. The van der Waals surface area contributed by atoms with Crippen molar-refractivity contribution >= 4 is 45.3 Å². The third-order valence-corrected chi connectivity index (χ3v) is 8.07. The molecule has 2 atom stereocenters. The second kappa shape index (κ2) is 10.1. The first-order valence-electron chi connectivity index (χ1n) is 11.1.